The molecule has 114 valence electrons. The molecule has 1 fully saturated rings. The Labute approximate surface area is 124 Å². The summed E-state index contributed by atoms with van der Waals surface area (Å²) in [5.74, 6) is 0.630. The number of hydrogen-bond donors (Lipinski definition) is 0. The molecule has 6 nitrogen and oxygen atoms in total. The number of ether oxygens (including phenoxy) is 1. The molecular weight excluding hydrogens is 270 g/mol. The van der Waals surface area contributed by atoms with Crippen molar-refractivity contribution in [3.63, 3.8) is 0 Å². The Balaban J connectivity index is 2.07. The lowest BCUT2D eigenvalue weighted by molar-refractivity contribution is -0.121. The molecule has 0 saturated carbocycles. The molecule has 0 atom stereocenters. The summed E-state index contributed by atoms with van der Waals surface area (Å²) in [6, 6.07) is 0. The largest absolute Gasteiger partial charge is 0.462 e. The van der Waals surface area contributed by atoms with Gasteiger partial charge in [-0.15, -0.1) is 0 Å². The fourth-order valence-electron chi connectivity index (χ4n) is 2.50. The van der Waals surface area contributed by atoms with Gasteiger partial charge in [0.2, 0.25) is 5.95 Å². The molecule has 2 rings (SSSR count). The molecule has 0 unspecified atom stereocenters. The van der Waals surface area contributed by atoms with Crippen LogP contribution in [-0.4, -0.2) is 41.4 Å². The highest BCUT2D eigenvalue weighted by Gasteiger charge is 2.24. The lowest BCUT2D eigenvalue weighted by atomic mass is 9.93. The van der Waals surface area contributed by atoms with Gasteiger partial charge in [0, 0.05) is 25.2 Å². The smallest absolute Gasteiger partial charge is 0.341 e. The lowest BCUT2D eigenvalue weighted by Gasteiger charge is -2.31. The predicted molar refractivity (Wildman–Crippen MR) is 78.3 cm³/mol. The van der Waals surface area contributed by atoms with Crippen LogP contribution in [0.25, 0.3) is 0 Å². The number of esters is 1. The Morgan fingerprint density at radius 1 is 1.38 bits per heavy atom. The summed E-state index contributed by atoms with van der Waals surface area (Å²) in [4.78, 5) is 33.8. The molecule has 1 aliphatic rings. The van der Waals surface area contributed by atoms with E-state index in [9.17, 15) is 9.59 Å². The number of rotatable bonds is 4. The maximum atomic E-state index is 11.7. The molecule has 1 aromatic rings. The zero-order valence-electron chi connectivity index (χ0n) is 12.8. The fraction of sp³-hybridized carbons (Fsp3) is 0.600. The number of carbonyl (C=O) groups is 2. The summed E-state index contributed by atoms with van der Waals surface area (Å²) in [5.41, 5.74) is 1.02. The van der Waals surface area contributed by atoms with Gasteiger partial charge in [0.1, 0.15) is 5.78 Å². The van der Waals surface area contributed by atoms with E-state index in [1.54, 1.807) is 20.8 Å². The van der Waals surface area contributed by atoms with Crippen LogP contribution in [0.5, 0.6) is 0 Å². The highest BCUT2D eigenvalue weighted by molar-refractivity contribution is 5.90. The van der Waals surface area contributed by atoms with Gasteiger partial charge in [0.25, 0.3) is 0 Å². The second kappa shape index (κ2) is 6.65. The number of piperidine rings is 1. The first kappa shape index (κ1) is 15.4. The minimum atomic E-state index is -0.392. The minimum Gasteiger partial charge on any atom is -0.462 e. The van der Waals surface area contributed by atoms with Crippen LogP contribution in [0.3, 0.4) is 0 Å². The molecule has 1 aromatic heterocycles. The van der Waals surface area contributed by atoms with Gasteiger partial charge in [-0.05, 0) is 33.6 Å². The van der Waals surface area contributed by atoms with Gasteiger partial charge in [-0.3, -0.25) is 4.79 Å². The van der Waals surface area contributed by atoms with Crippen LogP contribution in [0.2, 0.25) is 0 Å². The molecule has 2 heterocycles. The summed E-state index contributed by atoms with van der Waals surface area (Å²) in [5, 5.41) is 0. The Morgan fingerprint density at radius 3 is 2.57 bits per heavy atom. The summed E-state index contributed by atoms with van der Waals surface area (Å²) in [6.07, 6.45) is 3.18. The third-order valence-electron chi connectivity index (χ3n) is 3.81. The van der Waals surface area contributed by atoms with Crippen molar-refractivity contribution in [3.8, 4) is 0 Å². The minimum absolute atomic E-state index is 0.154. The highest BCUT2D eigenvalue weighted by Crippen LogP contribution is 2.22. The number of aryl methyl sites for hydroxylation is 1. The Morgan fingerprint density at radius 2 is 2.05 bits per heavy atom. The highest BCUT2D eigenvalue weighted by atomic mass is 16.5. The summed E-state index contributed by atoms with van der Waals surface area (Å²) in [7, 11) is 0. The van der Waals surface area contributed by atoms with Crippen molar-refractivity contribution in [1.29, 1.82) is 0 Å². The molecule has 1 saturated heterocycles. The molecule has 0 spiro atoms. The number of aromatic nitrogens is 2. The quantitative estimate of drug-likeness (QED) is 0.787. The molecule has 0 aliphatic carbocycles. The van der Waals surface area contributed by atoms with Crippen LogP contribution >= 0.6 is 0 Å². The van der Waals surface area contributed by atoms with E-state index in [1.807, 2.05) is 0 Å². The van der Waals surface area contributed by atoms with E-state index >= 15 is 0 Å². The zero-order chi connectivity index (χ0) is 15.4. The third-order valence-corrected chi connectivity index (χ3v) is 3.81. The molecule has 0 amide bonds. The maximum absolute atomic E-state index is 11.7. The average molecular weight is 291 g/mol. The first-order valence-corrected chi connectivity index (χ1v) is 7.29. The molecule has 0 radical (unpaired) electrons. The normalized spacial score (nSPS) is 15.9. The van der Waals surface area contributed by atoms with Crippen LogP contribution in [0, 0.1) is 12.8 Å². The van der Waals surface area contributed by atoms with Gasteiger partial charge in [-0.2, -0.15) is 0 Å². The monoisotopic (exact) mass is 291 g/mol. The van der Waals surface area contributed by atoms with Crippen LogP contribution < -0.4 is 4.90 Å². The van der Waals surface area contributed by atoms with E-state index in [0.29, 0.717) is 23.8 Å². The predicted octanol–water partition coefficient (Wildman–Crippen LogP) is 1.77. The summed E-state index contributed by atoms with van der Waals surface area (Å²) < 4.78 is 4.96. The molecule has 0 bridgehead atoms. The zero-order valence-corrected chi connectivity index (χ0v) is 12.8. The SMILES string of the molecule is CCOC(=O)c1cnc(N2CCC(C(C)=O)CC2)nc1C. The van der Waals surface area contributed by atoms with Crippen molar-refractivity contribution in [2.45, 2.75) is 33.6 Å². The van der Waals surface area contributed by atoms with Crippen LogP contribution in [0.1, 0.15) is 42.7 Å². The molecule has 21 heavy (non-hydrogen) atoms. The standard InChI is InChI=1S/C15H21N3O3/c1-4-21-14(20)13-9-16-15(17-10(13)2)18-7-5-12(6-8-18)11(3)19/h9,12H,4-8H2,1-3H3. The summed E-state index contributed by atoms with van der Waals surface area (Å²) >= 11 is 0. The number of carbonyl (C=O) groups excluding carboxylic acids is 2. The van der Waals surface area contributed by atoms with Crippen molar-refractivity contribution in [3.05, 3.63) is 17.5 Å². The third kappa shape index (κ3) is 3.56. The number of nitrogens with zero attached hydrogens (tertiary/aromatic N) is 3. The van der Waals surface area contributed by atoms with E-state index in [0.717, 1.165) is 25.9 Å². The average Bonchev–Trinajstić information content (AvgIpc) is 2.47. The van der Waals surface area contributed by atoms with Crippen LogP contribution in [0.4, 0.5) is 5.95 Å². The number of Topliss-reactive ketones (excluding diaryl/α,β-unsaturated/α-hetero) is 1. The van der Waals surface area contributed by atoms with Gasteiger partial charge in [-0.1, -0.05) is 0 Å². The van der Waals surface area contributed by atoms with E-state index in [2.05, 4.69) is 14.9 Å². The number of ketones is 1. The first-order valence-electron chi connectivity index (χ1n) is 7.29. The van der Waals surface area contributed by atoms with Crippen molar-refractivity contribution >= 4 is 17.7 Å². The maximum Gasteiger partial charge on any atom is 0.341 e. The van der Waals surface area contributed by atoms with E-state index in [4.69, 9.17) is 4.74 Å². The summed E-state index contributed by atoms with van der Waals surface area (Å²) in [6.45, 7) is 7.06. The van der Waals surface area contributed by atoms with E-state index in [-0.39, 0.29) is 11.7 Å². The molecule has 6 heteroatoms. The van der Waals surface area contributed by atoms with Crippen molar-refractivity contribution in [2.24, 2.45) is 5.92 Å². The van der Waals surface area contributed by atoms with E-state index < -0.39 is 5.97 Å². The van der Waals surface area contributed by atoms with Gasteiger partial charge < -0.3 is 9.64 Å². The van der Waals surface area contributed by atoms with Crippen molar-refractivity contribution in [2.75, 3.05) is 24.6 Å². The number of anilines is 1. The first-order chi connectivity index (χ1) is 10.0. The topological polar surface area (TPSA) is 72.4 Å². The Kier molecular flexibility index (Phi) is 4.88. The second-order valence-electron chi connectivity index (χ2n) is 5.26. The molecular formula is C15H21N3O3. The van der Waals surface area contributed by atoms with Crippen molar-refractivity contribution in [1.82, 2.24) is 9.97 Å². The molecule has 0 N–H and O–H groups in total. The van der Waals surface area contributed by atoms with Crippen LogP contribution in [0.15, 0.2) is 6.20 Å². The Hall–Kier alpha value is -1.98. The van der Waals surface area contributed by atoms with E-state index in [1.165, 1.54) is 6.20 Å². The van der Waals surface area contributed by atoms with Gasteiger partial charge in [0.15, 0.2) is 0 Å². The van der Waals surface area contributed by atoms with Crippen molar-refractivity contribution < 1.29 is 14.3 Å². The van der Waals surface area contributed by atoms with Gasteiger partial charge in [0.05, 0.1) is 17.9 Å². The fourth-order valence-corrected chi connectivity index (χ4v) is 2.50. The lowest BCUT2D eigenvalue weighted by Crippen LogP contribution is -2.37. The van der Waals surface area contributed by atoms with Gasteiger partial charge >= 0.3 is 5.97 Å². The molecule has 0 aromatic carbocycles. The Bertz CT molecular complexity index is 537. The molecule has 1 aliphatic heterocycles. The number of hydrogen-bond acceptors (Lipinski definition) is 6. The van der Waals surface area contributed by atoms with Crippen LogP contribution in [-0.2, 0) is 9.53 Å². The van der Waals surface area contributed by atoms with Gasteiger partial charge in [-0.25, -0.2) is 14.8 Å². The second-order valence-corrected chi connectivity index (χ2v) is 5.26.